The van der Waals surface area contributed by atoms with Crippen LogP contribution in [0.15, 0.2) is 18.3 Å². The van der Waals surface area contributed by atoms with Gasteiger partial charge in [-0.05, 0) is 49.9 Å². The minimum Gasteiger partial charge on any atom is -0.353 e. The Bertz CT molecular complexity index is 399. The second-order valence-electron chi connectivity index (χ2n) is 6.24. The van der Waals surface area contributed by atoms with E-state index >= 15 is 0 Å². The molecule has 3 heteroatoms. The first-order valence-electron chi connectivity index (χ1n) is 8.49. The first-order valence-corrected chi connectivity index (χ1v) is 8.49. The first-order chi connectivity index (χ1) is 10.0. The third kappa shape index (κ3) is 5.31. The van der Waals surface area contributed by atoms with Crippen LogP contribution in [0.3, 0.4) is 0 Å². The number of nitrogens with zero attached hydrogens (tertiary/aromatic N) is 2. The largest absolute Gasteiger partial charge is 0.353 e. The van der Waals surface area contributed by atoms with Crippen LogP contribution in [0.4, 0.5) is 5.82 Å². The van der Waals surface area contributed by atoms with Crippen LogP contribution in [0.5, 0.6) is 0 Å². The summed E-state index contributed by atoms with van der Waals surface area (Å²) in [6.45, 7) is 15.5. The topological polar surface area (TPSA) is 28.2 Å². The van der Waals surface area contributed by atoms with Crippen LogP contribution in [0.1, 0.15) is 66.0 Å². The molecule has 3 nitrogen and oxygen atoms in total. The van der Waals surface area contributed by atoms with E-state index in [1.54, 1.807) is 0 Å². The molecule has 0 fully saturated rings. The van der Waals surface area contributed by atoms with Gasteiger partial charge < -0.3 is 10.2 Å². The van der Waals surface area contributed by atoms with E-state index in [2.05, 4.69) is 68.9 Å². The fourth-order valence-electron chi connectivity index (χ4n) is 2.84. The molecule has 0 aromatic carbocycles. The van der Waals surface area contributed by atoms with Crippen molar-refractivity contribution < 1.29 is 0 Å². The second-order valence-corrected chi connectivity index (χ2v) is 6.24. The molecule has 21 heavy (non-hydrogen) atoms. The molecule has 1 aromatic rings. The Morgan fingerprint density at radius 3 is 2.33 bits per heavy atom. The van der Waals surface area contributed by atoms with Gasteiger partial charge in [-0.15, -0.1) is 0 Å². The molecule has 1 N–H and O–H groups in total. The summed E-state index contributed by atoms with van der Waals surface area (Å²) in [7, 11) is 0. The molecule has 0 aliphatic heterocycles. The highest BCUT2D eigenvalue weighted by Gasteiger charge is 2.19. The van der Waals surface area contributed by atoms with E-state index in [9.17, 15) is 0 Å². The van der Waals surface area contributed by atoms with Crippen molar-refractivity contribution in [1.29, 1.82) is 0 Å². The van der Waals surface area contributed by atoms with Crippen molar-refractivity contribution in [2.24, 2.45) is 5.92 Å². The third-order valence-electron chi connectivity index (χ3n) is 4.02. The number of pyridine rings is 1. The third-order valence-corrected chi connectivity index (χ3v) is 4.02. The standard InChI is InChI=1S/C18H33N3/c1-7-17(8-2)21(13-14(4)5)18-12-16(10-11-20-18)15(6)19-9-3/h10-12,14-15,17,19H,7-9,13H2,1-6H3. The highest BCUT2D eigenvalue weighted by molar-refractivity contribution is 5.43. The normalized spacial score (nSPS) is 13.0. The molecule has 0 spiro atoms. The van der Waals surface area contributed by atoms with Crippen molar-refractivity contribution in [2.75, 3.05) is 18.0 Å². The molecule has 1 atom stereocenters. The SMILES string of the molecule is CCNC(C)c1ccnc(N(CC(C)C)C(CC)CC)c1. The summed E-state index contributed by atoms with van der Waals surface area (Å²) in [4.78, 5) is 7.14. The van der Waals surface area contributed by atoms with E-state index < -0.39 is 0 Å². The van der Waals surface area contributed by atoms with Gasteiger partial charge in [0.25, 0.3) is 0 Å². The second kappa shape index (κ2) is 9.04. The van der Waals surface area contributed by atoms with E-state index in [1.165, 1.54) is 5.56 Å². The van der Waals surface area contributed by atoms with E-state index in [-0.39, 0.29) is 0 Å². The Morgan fingerprint density at radius 2 is 1.81 bits per heavy atom. The zero-order chi connectivity index (χ0) is 15.8. The van der Waals surface area contributed by atoms with Crippen LogP contribution in [0.2, 0.25) is 0 Å². The van der Waals surface area contributed by atoms with Gasteiger partial charge in [-0.25, -0.2) is 4.98 Å². The number of aromatic nitrogens is 1. The molecule has 0 saturated heterocycles. The molecule has 1 unspecified atom stereocenters. The number of nitrogens with one attached hydrogen (secondary N) is 1. The molecule has 1 aromatic heterocycles. The highest BCUT2D eigenvalue weighted by atomic mass is 15.2. The van der Waals surface area contributed by atoms with Gasteiger partial charge in [-0.1, -0.05) is 34.6 Å². The molecule has 120 valence electrons. The minimum atomic E-state index is 0.374. The van der Waals surface area contributed by atoms with Crippen LogP contribution in [-0.2, 0) is 0 Å². The maximum atomic E-state index is 4.65. The molecule has 1 heterocycles. The molecular formula is C18H33N3. The van der Waals surface area contributed by atoms with Gasteiger partial charge >= 0.3 is 0 Å². The van der Waals surface area contributed by atoms with Crippen molar-refractivity contribution in [3.63, 3.8) is 0 Å². The summed E-state index contributed by atoms with van der Waals surface area (Å²) >= 11 is 0. The Kier molecular flexibility index (Phi) is 7.73. The Balaban J connectivity index is 3.03. The van der Waals surface area contributed by atoms with Crippen LogP contribution in [-0.4, -0.2) is 24.1 Å². The highest BCUT2D eigenvalue weighted by Crippen LogP contribution is 2.23. The van der Waals surface area contributed by atoms with E-state index in [4.69, 9.17) is 0 Å². The molecule has 0 saturated carbocycles. The average Bonchev–Trinajstić information content (AvgIpc) is 2.47. The summed E-state index contributed by atoms with van der Waals surface area (Å²) in [6.07, 6.45) is 4.28. The van der Waals surface area contributed by atoms with Gasteiger partial charge in [0.2, 0.25) is 0 Å². The van der Waals surface area contributed by atoms with Crippen molar-refractivity contribution in [2.45, 2.75) is 66.5 Å². The fraction of sp³-hybridized carbons (Fsp3) is 0.722. The van der Waals surface area contributed by atoms with Gasteiger partial charge in [0.15, 0.2) is 0 Å². The first kappa shape index (κ1) is 18.0. The van der Waals surface area contributed by atoms with Gasteiger partial charge in [0, 0.05) is 24.8 Å². The molecule has 0 radical (unpaired) electrons. The average molecular weight is 291 g/mol. The number of hydrogen-bond donors (Lipinski definition) is 1. The maximum Gasteiger partial charge on any atom is 0.129 e. The number of rotatable bonds is 9. The van der Waals surface area contributed by atoms with E-state index in [0.717, 1.165) is 31.7 Å². The monoisotopic (exact) mass is 291 g/mol. The lowest BCUT2D eigenvalue weighted by Gasteiger charge is -2.33. The number of anilines is 1. The molecule has 0 amide bonds. The molecule has 1 rings (SSSR count). The van der Waals surface area contributed by atoms with Crippen molar-refractivity contribution in [1.82, 2.24) is 10.3 Å². The Morgan fingerprint density at radius 1 is 1.14 bits per heavy atom. The molecule has 0 bridgehead atoms. The van der Waals surface area contributed by atoms with Gasteiger partial charge in [0.1, 0.15) is 5.82 Å². The summed E-state index contributed by atoms with van der Waals surface area (Å²) in [5.74, 6) is 1.77. The van der Waals surface area contributed by atoms with Crippen LogP contribution >= 0.6 is 0 Å². The summed E-state index contributed by atoms with van der Waals surface area (Å²) in [5, 5.41) is 3.48. The summed E-state index contributed by atoms with van der Waals surface area (Å²) < 4.78 is 0. The van der Waals surface area contributed by atoms with Gasteiger partial charge in [0.05, 0.1) is 0 Å². The molecule has 0 aliphatic rings. The smallest absolute Gasteiger partial charge is 0.129 e. The number of hydrogen-bond acceptors (Lipinski definition) is 3. The maximum absolute atomic E-state index is 4.65. The lowest BCUT2D eigenvalue weighted by molar-refractivity contribution is 0.502. The van der Waals surface area contributed by atoms with Crippen LogP contribution in [0.25, 0.3) is 0 Å². The molecule has 0 aliphatic carbocycles. The Hall–Kier alpha value is -1.09. The summed E-state index contributed by atoms with van der Waals surface area (Å²) in [5.41, 5.74) is 1.32. The Labute approximate surface area is 131 Å². The minimum absolute atomic E-state index is 0.374. The van der Waals surface area contributed by atoms with E-state index in [1.807, 2.05) is 6.20 Å². The van der Waals surface area contributed by atoms with E-state index in [0.29, 0.717) is 18.0 Å². The van der Waals surface area contributed by atoms with Crippen LogP contribution < -0.4 is 10.2 Å². The quantitative estimate of drug-likeness (QED) is 0.731. The zero-order valence-electron chi connectivity index (χ0n) is 14.7. The van der Waals surface area contributed by atoms with Gasteiger partial charge in [-0.3, -0.25) is 0 Å². The van der Waals surface area contributed by atoms with Gasteiger partial charge in [-0.2, -0.15) is 0 Å². The zero-order valence-corrected chi connectivity index (χ0v) is 14.7. The fourth-order valence-corrected chi connectivity index (χ4v) is 2.84. The molecular weight excluding hydrogens is 258 g/mol. The van der Waals surface area contributed by atoms with Crippen LogP contribution in [0, 0.1) is 5.92 Å². The summed E-state index contributed by atoms with van der Waals surface area (Å²) in [6, 6.07) is 5.33. The predicted molar refractivity (Wildman–Crippen MR) is 92.9 cm³/mol. The lowest BCUT2D eigenvalue weighted by Crippen LogP contribution is -2.38. The lowest BCUT2D eigenvalue weighted by atomic mass is 10.1. The van der Waals surface area contributed by atoms with Crippen molar-refractivity contribution in [3.05, 3.63) is 23.9 Å². The predicted octanol–water partition coefficient (Wildman–Crippen LogP) is 4.40. The van der Waals surface area contributed by atoms with Crippen molar-refractivity contribution in [3.8, 4) is 0 Å². The van der Waals surface area contributed by atoms with Crippen molar-refractivity contribution >= 4 is 5.82 Å².